The summed E-state index contributed by atoms with van der Waals surface area (Å²) in [6.45, 7) is 4.57. The molecule has 0 saturated carbocycles. The van der Waals surface area contributed by atoms with Gasteiger partial charge in [0.1, 0.15) is 5.01 Å². The maximum absolute atomic E-state index is 12.2. The second-order valence-electron chi connectivity index (χ2n) is 6.47. The van der Waals surface area contributed by atoms with Gasteiger partial charge >= 0.3 is 0 Å². The largest absolute Gasteiger partial charge is 0.493 e. The molecule has 2 aromatic carbocycles. The van der Waals surface area contributed by atoms with E-state index in [1.54, 1.807) is 25.6 Å². The fraction of sp³-hybridized carbons (Fsp3) is 0.273. The Labute approximate surface area is 169 Å². The van der Waals surface area contributed by atoms with E-state index in [2.05, 4.69) is 10.3 Å². The van der Waals surface area contributed by atoms with Crippen LogP contribution in [-0.4, -0.2) is 31.7 Å². The van der Waals surface area contributed by atoms with Gasteiger partial charge in [-0.1, -0.05) is 17.7 Å². The molecule has 28 heavy (non-hydrogen) atoms. The zero-order chi connectivity index (χ0) is 20.1. The number of rotatable bonds is 7. The maximum Gasteiger partial charge on any atom is 0.251 e. The molecule has 0 unspecified atom stereocenters. The zero-order valence-corrected chi connectivity index (χ0v) is 17.4. The van der Waals surface area contributed by atoms with Gasteiger partial charge in [-0.15, -0.1) is 11.3 Å². The van der Waals surface area contributed by atoms with E-state index in [9.17, 15) is 4.79 Å². The highest BCUT2D eigenvalue weighted by Gasteiger charge is 2.13. The van der Waals surface area contributed by atoms with E-state index < -0.39 is 0 Å². The summed E-state index contributed by atoms with van der Waals surface area (Å²) in [4.78, 5) is 18.1. The lowest BCUT2D eigenvalue weighted by Gasteiger charge is -2.08. The molecular formula is C22H24N2O3S. The van der Waals surface area contributed by atoms with Crippen molar-refractivity contribution in [3.8, 4) is 22.1 Å². The number of carbonyl (C=O) groups is 1. The van der Waals surface area contributed by atoms with E-state index >= 15 is 0 Å². The number of nitrogens with one attached hydrogen (secondary N) is 1. The first kappa shape index (κ1) is 19.9. The molecular weight excluding hydrogens is 372 g/mol. The van der Waals surface area contributed by atoms with Gasteiger partial charge < -0.3 is 14.8 Å². The molecule has 1 N–H and O–H groups in total. The lowest BCUT2D eigenvalue weighted by molar-refractivity contribution is 0.0954. The molecule has 0 fully saturated rings. The van der Waals surface area contributed by atoms with Crippen LogP contribution in [0.25, 0.3) is 10.6 Å². The van der Waals surface area contributed by atoms with Gasteiger partial charge in [0.25, 0.3) is 5.91 Å². The third-order valence-corrected chi connectivity index (χ3v) is 5.74. The Balaban J connectivity index is 1.66. The van der Waals surface area contributed by atoms with Crippen LogP contribution < -0.4 is 14.8 Å². The van der Waals surface area contributed by atoms with E-state index in [0.29, 0.717) is 23.6 Å². The molecule has 0 atom stereocenters. The van der Waals surface area contributed by atoms with Crippen molar-refractivity contribution >= 4 is 17.2 Å². The van der Waals surface area contributed by atoms with Crippen molar-refractivity contribution in [2.24, 2.45) is 0 Å². The van der Waals surface area contributed by atoms with Crippen LogP contribution in [0.2, 0.25) is 0 Å². The molecule has 1 aromatic heterocycles. The van der Waals surface area contributed by atoms with Crippen molar-refractivity contribution in [2.75, 3.05) is 20.8 Å². The first-order chi connectivity index (χ1) is 13.5. The van der Waals surface area contributed by atoms with Crippen molar-refractivity contribution in [1.29, 1.82) is 0 Å². The third-order valence-electron chi connectivity index (χ3n) is 4.47. The Bertz CT molecular complexity index is 964. The van der Waals surface area contributed by atoms with Crippen LogP contribution in [0.15, 0.2) is 42.5 Å². The number of aromatic nitrogens is 1. The van der Waals surface area contributed by atoms with Crippen molar-refractivity contribution in [3.63, 3.8) is 0 Å². The first-order valence-electron chi connectivity index (χ1n) is 9.05. The summed E-state index contributed by atoms with van der Waals surface area (Å²) in [5.74, 6) is 1.32. The first-order valence-corrected chi connectivity index (χ1v) is 9.87. The fourth-order valence-electron chi connectivity index (χ4n) is 2.85. The number of thiazole rings is 1. The molecule has 3 rings (SSSR count). The summed E-state index contributed by atoms with van der Waals surface area (Å²) in [6, 6.07) is 13.4. The molecule has 0 spiro atoms. The molecule has 0 saturated heterocycles. The topological polar surface area (TPSA) is 60.5 Å². The summed E-state index contributed by atoms with van der Waals surface area (Å²) in [5, 5.41) is 3.91. The van der Waals surface area contributed by atoms with E-state index in [0.717, 1.165) is 33.1 Å². The maximum atomic E-state index is 12.2. The Kier molecular flexibility index (Phi) is 6.31. The van der Waals surface area contributed by atoms with Crippen molar-refractivity contribution in [2.45, 2.75) is 20.3 Å². The monoisotopic (exact) mass is 396 g/mol. The summed E-state index contributed by atoms with van der Waals surface area (Å²) in [7, 11) is 3.24. The molecule has 6 heteroatoms. The lowest BCUT2D eigenvalue weighted by atomic mass is 10.1. The van der Waals surface area contributed by atoms with Gasteiger partial charge in [-0.05, 0) is 44.2 Å². The Morgan fingerprint density at radius 1 is 1.04 bits per heavy atom. The molecule has 0 aliphatic heterocycles. The molecule has 5 nitrogen and oxygen atoms in total. The van der Waals surface area contributed by atoms with Crippen LogP contribution in [-0.2, 0) is 6.42 Å². The van der Waals surface area contributed by atoms with Crippen LogP contribution in [0.4, 0.5) is 0 Å². The zero-order valence-electron chi connectivity index (χ0n) is 16.5. The smallest absolute Gasteiger partial charge is 0.251 e. The van der Waals surface area contributed by atoms with E-state index in [1.165, 1.54) is 0 Å². The number of nitrogens with zero attached hydrogens (tertiary/aromatic N) is 1. The van der Waals surface area contributed by atoms with Gasteiger partial charge in [0.2, 0.25) is 0 Å². The molecule has 3 aromatic rings. The van der Waals surface area contributed by atoms with Gasteiger partial charge in [0.05, 0.1) is 19.9 Å². The number of benzene rings is 2. The summed E-state index contributed by atoms with van der Waals surface area (Å²) in [5.41, 5.74) is 3.79. The normalized spacial score (nSPS) is 10.6. The Morgan fingerprint density at radius 3 is 2.43 bits per heavy atom. The molecule has 1 heterocycles. The van der Waals surface area contributed by atoms with Crippen LogP contribution in [0.1, 0.15) is 26.5 Å². The van der Waals surface area contributed by atoms with Crippen LogP contribution in [0.3, 0.4) is 0 Å². The van der Waals surface area contributed by atoms with Crippen LogP contribution >= 0.6 is 11.3 Å². The second-order valence-corrected chi connectivity index (χ2v) is 7.55. The van der Waals surface area contributed by atoms with Crippen LogP contribution in [0.5, 0.6) is 11.5 Å². The molecule has 0 aliphatic carbocycles. The van der Waals surface area contributed by atoms with Gasteiger partial charge in [-0.2, -0.15) is 0 Å². The summed E-state index contributed by atoms with van der Waals surface area (Å²) < 4.78 is 10.7. The lowest BCUT2D eigenvalue weighted by Crippen LogP contribution is -2.25. The van der Waals surface area contributed by atoms with Crippen LogP contribution in [0, 0.1) is 13.8 Å². The minimum absolute atomic E-state index is 0.0534. The highest BCUT2D eigenvalue weighted by atomic mass is 32.1. The van der Waals surface area contributed by atoms with Crippen molar-refractivity contribution in [1.82, 2.24) is 10.3 Å². The molecule has 0 aliphatic rings. The molecule has 146 valence electrons. The number of hydrogen-bond acceptors (Lipinski definition) is 5. The standard InChI is InChI=1S/C22H24N2O3S/c1-14-5-7-16(8-6-14)21(25)23-12-11-20-15(2)24-22(28-20)17-9-10-18(26-3)19(13-17)27-4/h5-10,13H,11-12H2,1-4H3,(H,23,25). The number of ether oxygens (including phenoxy) is 2. The summed E-state index contributed by atoms with van der Waals surface area (Å²) >= 11 is 1.64. The molecule has 0 radical (unpaired) electrons. The summed E-state index contributed by atoms with van der Waals surface area (Å²) in [6.07, 6.45) is 0.744. The SMILES string of the molecule is COc1ccc(-c2nc(C)c(CCNC(=O)c3ccc(C)cc3)s2)cc1OC. The fourth-order valence-corrected chi connectivity index (χ4v) is 3.91. The average molecular weight is 397 g/mol. The van der Waals surface area contributed by atoms with Crippen molar-refractivity contribution in [3.05, 3.63) is 64.2 Å². The highest BCUT2D eigenvalue weighted by Crippen LogP contribution is 2.35. The van der Waals surface area contributed by atoms with Gasteiger partial charge in [-0.3, -0.25) is 4.79 Å². The minimum atomic E-state index is -0.0534. The Hall–Kier alpha value is -2.86. The highest BCUT2D eigenvalue weighted by molar-refractivity contribution is 7.15. The number of amides is 1. The quantitative estimate of drug-likeness (QED) is 0.642. The van der Waals surface area contributed by atoms with E-state index in [-0.39, 0.29) is 5.91 Å². The van der Waals surface area contributed by atoms with Gasteiger partial charge in [-0.25, -0.2) is 4.98 Å². The number of hydrogen-bond donors (Lipinski definition) is 1. The predicted molar refractivity (Wildman–Crippen MR) is 113 cm³/mol. The predicted octanol–water partition coefficient (Wildman–Crippen LogP) is 4.42. The average Bonchev–Trinajstić information content (AvgIpc) is 3.08. The number of methoxy groups -OCH3 is 2. The molecule has 0 bridgehead atoms. The number of aryl methyl sites for hydroxylation is 2. The minimum Gasteiger partial charge on any atom is -0.493 e. The van der Waals surface area contributed by atoms with Crippen molar-refractivity contribution < 1.29 is 14.3 Å². The van der Waals surface area contributed by atoms with Gasteiger partial charge in [0.15, 0.2) is 11.5 Å². The third kappa shape index (κ3) is 4.51. The second kappa shape index (κ2) is 8.89. The van der Waals surface area contributed by atoms with E-state index in [4.69, 9.17) is 9.47 Å². The Morgan fingerprint density at radius 2 is 1.75 bits per heavy atom. The molecule has 1 amide bonds. The van der Waals surface area contributed by atoms with E-state index in [1.807, 2.05) is 56.3 Å². The number of carbonyl (C=O) groups excluding carboxylic acids is 1. The van der Waals surface area contributed by atoms with Gasteiger partial charge in [0, 0.05) is 29.0 Å².